The molecule has 0 amide bonds. The van der Waals surface area contributed by atoms with Crippen LogP contribution in [0.5, 0.6) is 5.75 Å². The molecule has 3 N–H and O–H groups in total. The molecule has 0 unspecified atom stereocenters. The lowest BCUT2D eigenvalue weighted by Gasteiger charge is -2.13. The molecule has 94 valence electrons. The van der Waals surface area contributed by atoms with Crippen LogP contribution in [0.15, 0.2) is 4.47 Å². The van der Waals surface area contributed by atoms with Crippen molar-refractivity contribution in [3.63, 3.8) is 0 Å². The minimum atomic E-state index is -0.416. The van der Waals surface area contributed by atoms with Gasteiger partial charge >= 0.3 is 0 Å². The van der Waals surface area contributed by atoms with Crippen LogP contribution in [0.3, 0.4) is 0 Å². The van der Waals surface area contributed by atoms with E-state index in [1.165, 1.54) is 0 Å². The normalized spacial score (nSPS) is 10.6. The summed E-state index contributed by atoms with van der Waals surface area (Å²) in [6, 6.07) is 0. The van der Waals surface area contributed by atoms with Gasteiger partial charge in [-0.25, -0.2) is 0 Å². The minimum absolute atomic E-state index is 0.0571. The third-order valence-corrected chi connectivity index (χ3v) is 3.77. The Bertz CT molecular complexity index is 461. The minimum Gasteiger partial charge on any atom is -0.506 e. The van der Waals surface area contributed by atoms with E-state index >= 15 is 0 Å². The van der Waals surface area contributed by atoms with E-state index < -0.39 is 4.92 Å². The molecular weight excluding hydrogens is 288 g/mol. The Hall–Kier alpha value is -1.14. The zero-order chi connectivity index (χ0) is 13.2. The topological polar surface area (TPSA) is 89.4 Å². The van der Waals surface area contributed by atoms with Crippen LogP contribution >= 0.6 is 15.9 Å². The molecule has 0 aromatic heterocycles. The van der Waals surface area contributed by atoms with Gasteiger partial charge in [0.1, 0.15) is 5.75 Å². The maximum absolute atomic E-state index is 11.0. The molecule has 5 nitrogen and oxygen atoms in total. The molecule has 1 aromatic carbocycles. The Morgan fingerprint density at radius 2 is 2.00 bits per heavy atom. The number of nitro benzene ring substituents is 1. The highest BCUT2D eigenvalue weighted by molar-refractivity contribution is 9.10. The Labute approximate surface area is 108 Å². The van der Waals surface area contributed by atoms with Crippen molar-refractivity contribution < 1.29 is 10.0 Å². The third kappa shape index (κ3) is 2.58. The highest BCUT2D eigenvalue weighted by Gasteiger charge is 2.24. The quantitative estimate of drug-likeness (QED) is 0.661. The van der Waals surface area contributed by atoms with Gasteiger partial charge in [-0.2, -0.15) is 0 Å². The zero-order valence-corrected chi connectivity index (χ0v) is 11.4. The fourth-order valence-electron chi connectivity index (χ4n) is 1.87. The lowest BCUT2D eigenvalue weighted by Crippen LogP contribution is -2.05. The molecule has 0 saturated heterocycles. The van der Waals surface area contributed by atoms with Crippen LogP contribution in [0.4, 0.5) is 5.69 Å². The number of nitrogens with zero attached hydrogens (tertiary/aromatic N) is 1. The van der Waals surface area contributed by atoms with Gasteiger partial charge < -0.3 is 10.8 Å². The number of halogens is 1. The molecule has 0 aliphatic rings. The van der Waals surface area contributed by atoms with E-state index in [-0.39, 0.29) is 11.4 Å². The van der Waals surface area contributed by atoms with Gasteiger partial charge in [-0.1, -0.05) is 0 Å². The summed E-state index contributed by atoms with van der Waals surface area (Å²) in [6.45, 7) is 3.75. The van der Waals surface area contributed by atoms with Crippen LogP contribution in [0, 0.1) is 24.0 Å². The van der Waals surface area contributed by atoms with Crippen LogP contribution < -0.4 is 5.73 Å². The van der Waals surface area contributed by atoms with Crippen LogP contribution in [-0.4, -0.2) is 16.6 Å². The molecule has 0 spiro atoms. The number of hydrogen-bond donors (Lipinski definition) is 2. The third-order valence-electron chi connectivity index (χ3n) is 2.80. The summed E-state index contributed by atoms with van der Waals surface area (Å²) in [7, 11) is 0. The number of aromatic hydroxyl groups is 1. The highest BCUT2D eigenvalue weighted by Crippen LogP contribution is 2.40. The van der Waals surface area contributed by atoms with E-state index in [0.29, 0.717) is 40.5 Å². The molecular formula is C11H15BrN2O3. The maximum Gasteiger partial charge on any atom is 0.276 e. The van der Waals surface area contributed by atoms with Crippen LogP contribution in [0.25, 0.3) is 0 Å². The summed E-state index contributed by atoms with van der Waals surface area (Å²) in [5.41, 5.74) is 7.03. The molecule has 0 aliphatic carbocycles. The molecule has 6 heteroatoms. The molecule has 0 atom stereocenters. The average molecular weight is 303 g/mol. The molecule has 17 heavy (non-hydrogen) atoms. The molecule has 0 saturated carbocycles. The number of hydrogen-bond acceptors (Lipinski definition) is 4. The van der Waals surface area contributed by atoms with Crippen molar-refractivity contribution >= 4 is 21.6 Å². The van der Waals surface area contributed by atoms with Gasteiger partial charge in [-0.3, -0.25) is 10.1 Å². The summed E-state index contributed by atoms with van der Waals surface area (Å²) in [4.78, 5) is 10.6. The van der Waals surface area contributed by atoms with Crippen molar-refractivity contribution in [3.05, 3.63) is 31.3 Å². The van der Waals surface area contributed by atoms with Gasteiger partial charge in [0.15, 0.2) is 0 Å². The van der Waals surface area contributed by atoms with Crippen LogP contribution in [0.2, 0.25) is 0 Å². The lowest BCUT2D eigenvalue weighted by molar-refractivity contribution is -0.386. The highest BCUT2D eigenvalue weighted by atomic mass is 79.9. The van der Waals surface area contributed by atoms with Gasteiger partial charge in [-0.15, -0.1) is 0 Å². The van der Waals surface area contributed by atoms with Crippen molar-refractivity contribution in [2.45, 2.75) is 26.7 Å². The largest absolute Gasteiger partial charge is 0.506 e. The second-order valence-corrected chi connectivity index (χ2v) is 4.68. The number of phenols is 1. The van der Waals surface area contributed by atoms with E-state index in [4.69, 9.17) is 5.73 Å². The Morgan fingerprint density at radius 1 is 1.41 bits per heavy atom. The van der Waals surface area contributed by atoms with Crippen molar-refractivity contribution in [3.8, 4) is 5.75 Å². The van der Waals surface area contributed by atoms with Crippen molar-refractivity contribution in [2.75, 3.05) is 6.54 Å². The Morgan fingerprint density at radius 3 is 2.47 bits per heavy atom. The second-order valence-electron chi connectivity index (χ2n) is 3.89. The Kier molecular flexibility index (Phi) is 4.47. The van der Waals surface area contributed by atoms with E-state index in [2.05, 4.69) is 15.9 Å². The molecule has 0 radical (unpaired) electrons. The van der Waals surface area contributed by atoms with Gasteiger partial charge in [0.25, 0.3) is 5.69 Å². The van der Waals surface area contributed by atoms with E-state index in [1.54, 1.807) is 13.8 Å². The van der Waals surface area contributed by atoms with Gasteiger partial charge in [0.05, 0.1) is 9.40 Å². The first-order chi connectivity index (χ1) is 7.91. The van der Waals surface area contributed by atoms with E-state index in [0.717, 1.165) is 0 Å². The van der Waals surface area contributed by atoms with Gasteiger partial charge in [-0.05, 0) is 49.2 Å². The number of nitrogens with two attached hydrogens (primary N) is 1. The Balaban J connectivity index is 3.44. The predicted octanol–water partition coefficient (Wildman–Crippen LogP) is 2.57. The number of rotatable bonds is 4. The van der Waals surface area contributed by atoms with E-state index in [9.17, 15) is 15.2 Å². The number of benzene rings is 1. The molecule has 0 bridgehead atoms. The zero-order valence-electron chi connectivity index (χ0n) is 9.79. The lowest BCUT2D eigenvalue weighted by atomic mass is 9.98. The summed E-state index contributed by atoms with van der Waals surface area (Å²) in [5, 5.41) is 21.0. The molecule has 0 fully saturated rings. The molecule has 0 aliphatic heterocycles. The fraction of sp³-hybridized carbons (Fsp3) is 0.455. The summed E-state index contributed by atoms with van der Waals surface area (Å²) in [5.74, 6) is 0.0825. The first-order valence-electron chi connectivity index (χ1n) is 5.26. The number of nitro groups is 1. The average Bonchev–Trinajstić information content (AvgIpc) is 2.26. The van der Waals surface area contributed by atoms with Gasteiger partial charge in [0, 0.05) is 16.7 Å². The smallest absolute Gasteiger partial charge is 0.276 e. The maximum atomic E-state index is 11.0. The van der Waals surface area contributed by atoms with Crippen LogP contribution in [-0.2, 0) is 6.42 Å². The van der Waals surface area contributed by atoms with Gasteiger partial charge in [0.2, 0.25) is 0 Å². The molecule has 1 rings (SSSR count). The second kappa shape index (κ2) is 5.46. The molecule has 1 aromatic rings. The number of phenolic OH excluding ortho intramolecular Hbond substituents is 1. The van der Waals surface area contributed by atoms with Crippen molar-refractivity contribution in [1.29, 1.82) is 0 Å². The van der Waals surface area contributed by atoms with Crippen molar-refractivity contribution in [1.82, 2.24) is 0 Å². The first-order valence-corrected chi connectivity index (χ1v) is 6.06. The van der Waals surface area contributed by atoms with Crippen LogP contribution in [0.1, 0.15) is 23.1 Å². The fourth-order valence-corrected chi connectivity index (χ4v) is 2.30. The van der Waals surface area contributed by atoms with E-state index in [1.807, 2.05) is 0 Å². The monoisotopic (exact) mass is 302 g/mol. The summed E-state index contributed by atoms with van der Waals surface area (Å²) in [6.07, 6.45) is 1.22. The van der Waals surface area contributed by atoms with Crippen molar-refractivity contribution in [2.24, 2.45) is 5.73 Å². The summed E-state index contributed by atoms with van der Waals surface area (Å²) < 4.78 is 0.391. The predicted molar refractivity (Wildman–Crippen MR) is 69.3 cm³/mol. The first kappa shape index (κ1) is 13.9. The standard InChI is InChI=1S/C11H15BrN2O3/c1-6-8(4-3-5-13)11(15)9(12)7(2)10(6)14(16)17/h15H,3-5,13H2,1-2H3. The molecule has 0 heterocycles. The summed E-state index contributed by atoms with van der Waals surface area (Å²) >= 11 is 3.19. The SMILES string of the molecule is Cc1c(Br)c(O)c(CCCN)c(C)c1[N+](=O)[O-].